The molecule has 3 nitrogen and oxygen atoms in total. The van der Waals surface area contributed by atoms with E-state index in [0.717, 1.165) is 12.1 Å². The molecule has 1 rings (SSSR count). The maximum atomic E-state index is 13.3. The summed E-state index contributed by atoms with van der Waals surface area (Å²) in [5.41, 5.74) is 0.155. The smallest absolute Gasteiger partial charge is 0.383 e. The van der Waals surface area contributed by atoms with Gasteiger partial charge in [0.25, 0.3) is 0 Å². The van der Waals surface area contributed by atoms with Gasteiger partial charge in [-0.2, -0.15) is 13.2 Å². The molecule has 0 heterocycles. The van der Waals surface area contributed by atoms with E-state index in [2.05, 4.69) is 0 Å². The molecule has 0 fully saturated rings. The quantitative estimate of drug-likeness (QED) is 0.695. The monoisotopic (exact) mass is 342 g/mol. The van der Waals surface area contributed by atoms with Crippen LogP contribution < -0.4 is 0 Å². The number of ether oxygens (including phenoxy) is 1. The third-order valence-corrected chi connectivity index (χ3v) is 3.92. The lowest BCUT2D eigenvalue weighted by molar-refractivity contribution is -0.170. The molecule has 0 aliphatic carbocycles. The minimum atomic E-state index is -4.38. The predicted octanol–water partition coefficient (Wildman–Crippen LogP) is 4.02. The molecule has 0 aliphatic heterocycles. The van der Waals surface area contributed by atoms with Crippen molar-refractivity contribution >= 4 is 23.7 Å². The van der Waals surface area contributed by atoms with E-state index in [1.165, 1.54) is 35.6 Å². The van der Waals surface area contributed by atoms with Crippen LogP contribution in [0.4, 0.5) is 13.2 Å². The van der Waals surface area contributed by atoms with Crippen LogP contribution in [0.5, 0.6) is 0 Å². The van der Waals surface area contributed by atoms with E-state index in [4.69, 9.17) is 16.3 Å². The number of halogens is 4. The van der Waals surface area contributed by atoms with Crippen LogP contribution in [-0.2, 0) is 4.74 Å². The summed E-state index contributed by atoms with van der Waals surface area (Å²) in [5, 5.41) is 0.409. The molecule has 0 amide bonds. The fourth-order valence-corrected chi connectivity index (χ4v) is 2.84. The molecule has 0 spiro atoms. The number of rotatable bonds is 7. The van der Waals surface area contributed by atoms with Crippen molar-refractivity contribution in [3.63, 3.8) is 0 Å². The zero-order chi connectivity index (χ0) is 16.0. The normalized spacial score (nSPS) is 14.0. The fraction of sp³-hybridized carbons (Fsp3) is 0.538. The van der Waals surface area contributed by atoms with Gasteiger partial charge in [0.15, 0.2) is 0 Å². The number of alkyl halides is 3. The van der Waals surface area contributed by atoms with Gasteiger partial charge in [-0.15, -0.1) is 0 Å². The third kappa shape index (κ3) is 6.04. The first kappa shape index (κ1) is 18.6. The lowest BCUT2D eigenvalue weighted by atomic mass is 10.1. The Morgan fingerprint density at radius 1 is 1.24 bits per heavy atom. The Hall–Kier alpha value is -0.470. The number of methoxy groups -OCH3 is 1. The molecule has 0 aliphatic rings. The number of hydrogen-bond donors (Lipinski definition) is 0. The average Bonchev–Trinajstić information content (AvgIpc) is 2.37. The molecule has 1 aromatic carbocycles. The van der Waals surface area contributed by atoms with Crippen LogP contribution in [0.25, 0.3) is 0 Å². The topological polar surface area (TPSA) is 15.7 Å². The highest BCUT2D eigenvalue weighted by atomic mass is 35.5. The summed E-state index contributed by atoms with van der Waals surface area (Å²) in [5.74, 6) is 0. The zero-order valence-electron chi connectivity index (χ0n) is 12.0. The van der Waals surface area contributed by atoms with Crippen LogP contribution in [0.15, 0.2) is 24.3 Å². The molecule has 0 saturated heterocycles. The minimum absolute atomic E-state index is 0.155. The molecule has 1 aromatic rings. The van der Waals surface area contributed by atoms with E-state index < -0.39 is 12.2 Å². The second-order valence-corrected chi connectivity index (χ2v) is 6.27. The van der Waals surface area contributed by atoms with E-state index in [0.29, 0.717) is 18.2 Å². The summed E-state index contributed by atoms with van der Waals surface area (Å²) in [6.45, 7) is 0.978. The molecule has 1 unspecified atom stereocenters. The number of hydrogen-bond acceptors (Lipinski definition) is 4. The highest BCUT2D eigenvalue weighted by Crippen LogP contribution is 2.40. The van der Waals surface area contributed by atoms with Crippen molar-refractivity contribution in [2.24, 2.45) is 0 Å². The first-order valence-corrected chi connectivity index (χ1v) is 7.29. The molecule has 8 heteroatoms. The fourth-order valence-electron chi connectivity index (χ4n) is 1.78. The first-order chi connectivity index (χ1) is 9.75. The third-order valence-electron chi connectivity index (χ3n) is 2.74. The SMILES string of the molecule is COCCN(C)SN(C)C(c1ccc(Cl)cc1)C(F)(F)F. The van der Waals surface area contributed by atoms with Crippen molar-refractivity contribution in [3.05, 3.63) is 34.9 Å². The highest BCUT2D eigenvalue weighted by molar-refractivity contribution is 7.94. The summed E-state index contributed by atoms with van der Waals surface area (Å²) in [4.78, 5) is 0. The van der Waals surface area contributed by atoms with E-state index in [1.54, 1.807) is 18.5 Å². The number of nitrogens with zero attached hydrogens (tertiary/aromatic N) is 2. The predicted molar refractivity (Wildman–Crippen MR) is 80.1 cm³/mol. The Balaban J connectivity index is 2.85. The van der Waals surface area contributed by atoms with Gasteiger partial charge in [0.1, 0.15) is 6.04 Å². The summed E-state index contributed by atoms with van der Waals surface area (Å²) in [6, 6.07) is 4.01. The Morgan fingerprint density at radius 2 is 1.81 bits per heavy atom. The van der Waals surface area contributed by atoms with Crippen molar-refractivity contribution in [1.29, 1.82) is 0 Å². The van der Waals surface area contributed by atoms with Gasteiger partial charge in [0.2, 0.25) is 0 Å². The molecule has 21 heavy (non-hydrogen) atoms. The van der Waals surface area contributed by atoms with Gasteiger partial charge >= 0.3 is 6.18 Å². The van der Waals surface area contributed by atoms with Crippen LogP contribution in [0.2, 0.25) is 5.02 Å². The summed E-state index contributed by atoms with van der Waals surface area (Å²) in [6.07, 6.45) is -4.38. The van der Waals surface area contributed by atoms with Crippen molar-refractivity contribution in [3.8, 4) is 0 Å². The standard InChI is InChI=1S/C13H18ClF3N2OS/c1-18(8-9-20-3)21-19(2)12(13(15,16)17)10-4-6-11(14)7-5-10/h4-7,12H,8-9H2,1-3H3. The van der Waals surface area contributed by atoms with E-state index in [9.17, 15) is 13.2 Å². The molecule has 1 atom stereocenters. The Labute approximate surface area is 132 Å². The molecule has 0 N–H and O–H groups in total. The van der Waals surface area contributed by atoms with E-state index in [-0.39, 0.29) is 5.56 Å². The van der Waals surface area contributed by atoms with Crippen LogP contribution >= 0.6 is 23.7 Å². The van der Waals surface area contributed by atoms with E-state index >= 15 is 0 Å². The summed E-state index contributed by atoms with van der Waals surface area (Å²) < 4.78 is 47.8. The molecular weight excluding hydrogens is 325 g/mol. The van der Waals surface area contributed by atoms with Crippen LogP contribution in [0, 0.1) is 0 Å². The second kappa shape index (κ2) is 8.24. The number of benzene rings is 1. The molecule has 0 bridgehead atoms. The van der Waals surface area contributed by atoms with Crippen molar-refractivity contribution < 1.29 is 17.9 Å². The van der Waals surface area contributed by atoms with Crippen molar-refractivity contribution in [2.75, 3.05) is 34.4 Å². The van der Waals surface area contributed by atoms with Gasteiger partial charge < -0.3 is 4.74 Å². The lowest BCUT2D eigenvalue weighted by Crippen LogP contribution is -2.34. The molecule has 0 radical (unpaired) electrons. The van der Waals surface area contributed by atoms with Gasteiger partial charge in [-0.3, -0.25) is 0 Å². The average molecular weight is 343 g/mol. The molecule has 0 saturated carbocycles. The van der Waals surface area contributed by atoms with Gasteiger partial charge in [0.05, 0.1) is 6.61 Å². The van der Waals surface area contributed by atoms with Gasteiger partial charge in [-0.05, 0) is 31.8 Å². The molecular formula is C13H18ClF3N2OS. The zero-order valence-corrected chi connectivity index (χ0v) is 13.6. The molecule has 0 aromatic heterocycles. The van der Waals surface area contributed by atoms with Gasteiger partial charge in [-0.25, -0.2) is 8.61 Å². The lowest BCUT2D eigenvalue weighted by Gasteiger charge is -2.31. The van der Waals surface area contributed by atoms with Gasteiger partial charge in [-0.1, -0.05) is 23.7 Å². The Bertz CT molecular complexity index is 430. The highest BCUT2D eigenvalue weighted by Gasteiger charge is 2.44. The maximum absolute atomic E-state index is 13.3. The Kier molecular flexibility index (Phi) is 7.29. The number of likely N-dealkylation sites (N-methyl/N-ethyl adjacent to an activating group) is 1. The van der Waals surface area contributed by atoms with Crippen LogP contribution in [0.3, 0.4) is 0 Å². The molecule has 120 valence electrons. The summed E-state index contributed by atoms with van der Waals surface area (Å²) >= 11 is 6.74. The van der Waals surface area contributed by atoms with Crippen LogP contribution in [-0.4, -0.2) is 49.1 Å². The first-order valence-electron chi connectivity index (χ1n) is 6.19. The Morgan fingerprint density at radius 3 is 2.29 bits per heavy atom. The summed E-state index contributed by atoms with van der Waals surface area (Å²) in [7, 11) is 4.69. The minimum Gasteiger partial charge on any atom is -0.383 e. The maximum Gasteiger partial charge on any atom is 0.408 e. The largest absolute Gasteiger partial charge is 0.408 e. The van der Waals surface area contributed by atoms with Crippen molar-refractivity contribution in [2.45, 2.75) is 12.2 Å². The van der Waals surface area contributed by atoms with E-state index in [1.807, 2.05) is 0 Å². The second-order valence-electron chi connectivity index (χ2n) is 4.47. The van der Waals surface area contributed by atoms with Crippen molar-refractivity contribution in [1.82, 2.24) is 8.61 Å². The van der Waals surface area contributed by atoms with Gasteiger partial charge in [0, 0.05) is 30.8 Å². The van der Waals surface area contributed by atoms with Crippen LogP contribution in [0.1, 0.15) is 11.6 Å².